The monoisotopic (exact) mass is 337 g/mol. The summed E-state index contributed by atoms with van der Waals surface area (Å²) in [7, 11) is 1.57. The lowest BCUT2D eigenvalue weighted by atomic mass is 10.00. The summed E-state index contributed by atoms with van der Waals surface area (Å²) in [5.74, 6) is 0.649. The molecule has 1 aliphatic heterocycles. The van der Waals surface area contributed by atoms with Gasteiger partial charge < -0.3 is 9.47 Å². The van der Waals surface area contributed by atoms with E-state index in [4.69, 9.17) is 9.47 Å². The van der Waals surface area contributed by atoms with Crippen LogP contribution in [-0.2, 0) is 17.8 Å². The number of hydrogen-bond acceptors (Lipinski definition) is 4. The second kappa shape index (κ2) is 7.99. The van der Waals surface area contributed by atoms with E-state index in [1.807, 2.05) is 12.1 Å². The zero-order chi connectivity index (χ0) is 17.6. The number of nitrogens with zero attached hydrogens (tertiary/aromatic N) is 1. The topological polar surface area (TPSA) is 38.8 Å². The molecule has 0 unspecified atom stereocenters. The predicted molar refractivity (Wildman–Crippen MR) is 98.8 cm³/mol. The molecular formula is C21H23NO3. The molecule has 4 nitrogen and oxygen atoms in total. The van der Waals surface area contributed by atoms with Gasteiger partial charge in [-0.15, -0.1) is 0 Å². The van der Waals surface area contributed by atoms with E-state index in [9.17, 15) is 4.79 Å². The van der Waals surface area contributed by atoms with Gasteiger partial charge in [-0.1, -0.05) is 42.5 Å². The molecule has 0 N–H and O–H groups in total. The van der Waals surface area contributed by atoms with Crippen molar-refractivity contribution in [2.45, 2.75) is 19.9 Å². The summed E-state index contributed by atoms with van der Waals surface area (Å²) in [6.07, 6.45) is 5.34. The number of fused-ring (bicyclic) bond motifs is 1. The number of carbonyl (C=O) groups excluding carboxylic acids is 1. The molecule has 130 valence electrons. The van der Waals surface area contributed by atoms with Crippen molar-refractivity contribution in [3.8, 4) is 11.5 Å². The van der Waals surface area contributed by atoms with Gasteiger partial charge in [0.1, 0.15) is 0 Å². The lowest BCUT2D eigenvalue weighted by molar-refractivity contribution is -0.132. The molecule has 2 aromatic carbocycles. The van der Waals surface area contributed by atoms with E-state index in [1.165, 1.54) is 18.1 Å². The number of hydrogen-bond donors (Lipinski definition) is 0. The molecule has 0 atom stereocenters. The molecule has 2 aromatic rings. The van der Waals surface area contributed by atoms with Gasteiger partial charge in [0.25, 0.3) is 0 Å². The quantitative estimate of drug-likeness (QED) is 0.616. The Morgan fingerprint density at radius 1 is 1.16 bits per heavy atom. The number of esters is 1. The van der Waals surface area contributed by atoms with Crippen LogP contribution in [0.5, 0.6) is 11.5 Å². The van der Waals surface area contributed by atoms with Crippen LogP contribution in [0.25, 0.3) is 6.08 Å². The summed E-state index contributed by atoms with van der Waals surface area (Å²) in [4.78, 5) is 13.5. The van der Waals surface area contributed by atoms with Crippen LogP contribution in [-0.4, -0.2) is 31.1 Å². The summed E-state index contributed by atoms with van der Waals surface area (Å²) in [6.45, 7) is 4.36. The lowest BCUT2D eigenvalue weighted by Gasteiger charge is -2.27. The second-order valence-corrected chi connectivity index (χ2v) is 6.16. The van der Waals surface area contributed by atoms with Crippen LogP contribution in [0.15, 0.2) is 48.5 Å². The van der Waals surface area contributed by atoms with Gasteiger partial charge in [0.15, 0.2) is 11.5 Å². The molecule has 1 aliphatic rings. The second-order valence-electron chi connectivity index (χ2n) is 6.16. The fourth-order valence-corrected chi connectivity index (χ4v) is 3.07. The molecule has 0 aromatic heterocycles. The zero-order valence-corrected chi connectivity index (χ0v) is 14.7. The molecule has 0 spiro atoms. The third-order valence-electron chi connectivity index (χ3n) is 4.32. The molecule has 1 heterocycles. The van der Waals surface area contributed by atoms with Crippen LogP contribution in [0, 0.1) is 0 Å². The van der Waals surface area contributed by atoms with E-state index < -0.39 is 0 Å². The molecular weight excluding hydrogens is 314 g/mol. The summed E-state index contributed by atoms with van der Waals surface area (Å²) in [5, 5.41) is 0. The molecule has 3 rings (SSSR count). The fourth-order valence-electron chi connectivity index (χ4n) is 3.07. The zero-order valence-electron chi connectivity index (χ0n) is 14.7. The SMILES string of the molecule is COc1cc(C=CCN2CCc3ccccc3C2)ccc1OC(C)=O. The average molecular weight is 337 g/mol. The third kappa shape index (κ3) is 4.48. The van der Waals surface area contributed by atoms with Crippen molar-refractivity contribution in [1.29, 1.82) is 0 Å². The largest absolute Gasteiger partial charge is 0.493 e. The molecule has 0 fully saturated rings. The Hall–Kier alpha value is -2.59. The van der Waals surface area contributed by atoms with Gasteiger partial charge in [-0.05, 0) is 35.2 Å². The standard InChI is InChI=1S/C21H23NO3/c1-16(23)25-20-10-9-17(14-21(20)24-2)6-5-12-22-13-11-18-7-3-4-8-19(18)15-22/h3-10,14H,11-13,15H2,1-2H3. The van der Waals surface area contributed by atoms with E-state index in [0.717, 1.165) is 31.6 Å². The van der Waals surface area contributed by atoms with Crippen LogP contribution < -0.4 is 9.47 Å². The molecule has 0 saturated carbocycles. The van der Waals surface area contributed by atoms with Crippen LogP contribution in [0.2, 0.25) is 0 Å². The van der Waals surface area contributed by atoms with Crippen LogP contribution in [0.4, 0.5) is 0 Å². The van der Waals surface area contributed by atoms with Gasteiger partial charge in [-0.3, -0.25) is 9.69 Å². The van der Waals surface area contributed by atoms with Crippen molar-refractivity contribution in [2.24, 2.45) is 0 Å². The first-order chi connectivity index (χ1) is 12.2. The minimum Gasteiger partial charge on any atom is -0.493 e. The summed E-state index contributed by atoms with van der Waals surface area (Å²) < 4.78 is 10.4. The van der Waals surface area contributed by atoms with Gasteiger partial charge in [0.05, 0.1) is 7.11 Å². The maximum Gasteiger partial charge on any atom is 0.308 e. The summed E-state index contributed by atoms with van der Waals surface area (Å²) >= 11 is 0. The number of ether oxygens (including phenoxy) is 2. The van der Waals surface area contributed by atoms with Crippen molar-refractivity contribution < 1.29 is 14.3 Å². The Bertz CT molecular complexity index is 782. The van der Waals surface area contributed by atoms with E-state index in [2.05, 4.69) is 41.3 Å². The Balaban J connectivity index is 1.62. The Morgan fingerprint density at radius 3 is 2.72 bits per heavy atom. The molecule has 0 saturated heterocycles. The Morgan fingerprint density at radius 2 is 1.96 bits per heavy atom. The molecule has 25 heavy (non-hydrogen) atoms. The highest BCUT2D eigenvalue weighted by molar-refractivity contribution is 5.71. The minimum atomic E-state index is -0.355. The van der Waals surface area contributed by atoms with Crippen molar-refractivity contribution >= 4 is 12.0 Å². The van der Waals surface area contributed by atoms with Crippen molar-refractivity contribution in [2.75, 3.05) is 20.2 Å². The average Bonchev–Trinajstić information content (AvgIpc) is 2.62. The van der Waals surface area contributed by atoms with Crippen LogP contribution in [0.1, 0.15) is 23.6 Å². The molecule has 0 bridgehead atoms. The normalized spacial score (nSPS) is 14.3. The first-order valence-corrected chi connectivity index (χ1v) is 8.48. The molecule has 0 aliphatic carbocycles. The number of methoxy groups -OCH3 is 1. The number of carbonyl (C=O) groups is 1. The highest BCUT2D eigenvalue weighted by Gasteiger charge is 2.14. The fraction of sp³-hybridized carbons (Fsp3) is 0.286. The van der Waals surface area contributed by atoms with E-state index in [-0.39, 0.29) is 5.97 Å². The van der Waals surface area contributed by atoms with Crippen LogP contribution in [0.3, 0.4) is 0 Å². The smallest absolute Gasteiger partial charge is 0.308 e. The van der Waals surface area contributed by atoms with E-state index >= 15 is 0 Å². The van der Waals surface area contributed by atoms with Crippen molar-refractivity contribution in [3.05, 3.63) is 65.2 Å². The lowest BCUT2D eigenvalue weighted by Crippen LogP contribution is -2.30. The highest BCUT2D eigenvalue weighted by Crippen LogP contribution is 2.28. The van der Waals surface area contributed by atoms with Gasteiger partial charge in [0.2, 0.25) is 0 Å². The maximum absolute atomic E-state index is 11.1. The molecule has 0 radical (unpaired) electrons. The van der Waals surface area contributed by atoms with Crippen LogP contribution >= 0.6 is 0 Å². The third-order valence-corrected chi connectivity index (χ3v) is 4.32. The van der Waals surface area contributed by atoms with Gasteiger partial charge in [-0.25, -0.2) is 0 Å². The first kappa shape index (κ1) is 17.2. The summed E-state index contributed by atoms with van der Waals surface area (Å²) in [6, 6.07) is 14.2. The molecule has 0 amide bonds. The van der Waals surface area contributed by atoms with E-state index in [0.29, 0.717) is 11.5 Å². The summed E-state index contributed by atoms with van der Waals surface area (Å²) in [5.41, 5.74) is 3.91. The maximum atomic E-state index is 11.1. The van der Waals surface area contributed by atoms with E-state index in [1.54, 1.807) is 13.2 Å². The van der Waals surface area contributed by atoms with Gasteiger partial charge >= 0.3 is 5.97 Å². The first-order valence-electron chi connectivity index (χ1n) is 8.48. The predicted octanol–water partition coefficient (Wildman–Crippen LogP) is 3.69. The number of benzene rings is 2. The highest BCUT2D eigenvalue weighted by atomic mass is 16.6. The Labute approximate surface area is 148 Å². The van der Waals surface area contributed by atoms with Gasteiger partial charge in [-0.2, -0.15) is 0 Å². The van der Waals surface area contributed by atoms with Gasteiger partial charge in [0, 0.05) is 26.6 Å². The molecule has 4 heteroatoms. The Kier molecular flexibility index (Phi) is 5.51. The van der Waals surface area contributed by atoms with Crippen molar-refractivity contribution in [1.82, 2.24) is 4.90 Å². The minimum absolute atomic E-state index is 0.355. The van der Waals surface area contributed by atoms with Crippen molar-refractivity contribution in [3.63, 3.8) is 0 Å². The number of rotatable bonds is 5.